The lowest BCUT2D eigenvalue weighted by Crippen LogP contribution is -2.49. The molecule has 1 unspecified atom stereocenters. The molecule has 1 amide bonds. The highest BCUT2D eigenvalue weighted by Crippen LogP contribution is 2.33. The summed E-state index contributed by atoms with van der Waals surface area (Å²) in [5, 5.41) is 9.89. The molecule has 7 heteroatoms. The fourth-order valence-corrected chi connectivity index (χ4v) is 2.97. The maximum Gasteiger partial charge on any atom is 0.405 e. The summed E-state index contributed by atoms with van der Waals surface area (Å²) in [7, 11) is 0. The van der Waals surface area contributed by atoms with Crippen molar-refractivity contribution < 1.29 is 18.0 Å². The van der Waals surface area contributed by atoms with Gasteiger partial charge in [-0.05, 0) is 50.8 Å². The van der Waals surface area contributed by atoms with Crippen LogP contribution in [0.3, 0.4) is 0 Å². The third-order valence-electron chi connectivity index (χ3n) is 4.43. The third-order valence-corrected chi connectivity index (χ3v) is 4.43. The Kier molecular flexibility index (Phi) is 5.73. The lowest BCUT2D eigenvalue weighted by molar-refractivity contribution is -0.190. The quantitative estimate of drug-likeness (QED) is 0.796. The zero-order valence-corrected chi connectivity index (χ0v) is 14.4. The van der Waals surface area contributed by atoms with Gasteiger partial charge in [-0.3, -0.25) is 10.2 Å². The summed E-state index contributed by atoms with van der Waals surface area (Å²) >= 11 is 0. The van der Waals surface area contributed by atoms with Crippen LogP contribution in [-0.4, -0.2) is 29.7 Å². The van der Waals surface area contributed by atoms with Crippen LogP contribution in [0, 0.1) is 16.7 Å². The van der Waals surface area contributed by atoms with Crippen molar-refractivity contribution in [2.24, 2.45) is 5.41 Å². The predicted molar refractivity (Wildman–Crippen MR) is 87.2 cm³/mol. The highest BCUT2D eigenvalue weighted by molar-refractivity contribution is 5.83. The van der Waals surface area contributed by atoms with Gasteiger partial charge in [0.15, 0.2) is 0 Å². The standard InChI is InChI=1S/C18H22F3N3O/c1-17(2)12-24(23-16(17)25)15(18(19,20)21)9-4-3-6-13-7-5-8-14(10-13)11-22/h5,7-8,10,15H,3-4,6,9,12H2,1-2H3,(H,23,25). The van der Waals surface area contributed by atoms with Gasteiger partial charge in [-0.1, -0.05) is 18.6 Å². The number of hydrazine groups is 1. The van der Waals surface area contributed by atoms with Gasteiger partial charge < -0.3 is 0 Å². The monoisotopic (exact) mass is 353 g/mol. The molecule has 1 aliphatic heterocycles. The van der Waals surface area contributed by atoms with E-state index in [1.54, 1.807) is 32.0 Å². The van der Waals surface area contributed by atoms with Crippen molar-refractivity contribution >= 4 is 5.91 Å². The molecule has 1 aromatic carbocycles. The van der Waals surface area contributed by atoms with E-state index in [1.807, 2.05) is 12.1 Å². The minimum Gasteiger partial charge on any atom is -0.288 e. The number of benzene rings is 1. The first kappa shape index (κ1) is 19.3. The van der Waals surface area contributed by atoms with Gasteiger partial charge in [0.25, 0.3) is 0 Å². The van der Waals surface area contributed by atoms with Crippen LogP contribution in [0.4, 0.5) is 13.2 Å². The molecule has 1 aromatic rings. The van der Waals surface area contributed by atoms with E-state index in [0.717, 1.165) is 10.6 Å². The molecule has 1 aliphatic rings. The van der Waals surface area contributed by atoms with E-state index in [1.165, 1.54) is 0 Å². The number of hydrogen-bond donors (Lipinski definition) is 1. The molecule has 1 fully saturated rings. The molecule has 0 saturated carbocycles. The number of amides is 1. The Morgan fingerprint density at radius 1 is 1.36 bits per heavy atom. The molecule has 0 aromatic heterocycles. The molecule has 0 bridgehead atoms. The second-order valence-electron chi connectivity index (χ2n) is 7.07. The number of aryl methyl sites for hydroxylation is 1. The minimum atomic E-state index is -4.39. The largest absolute Gasteiger partial charge is 0.405 e. The Hall–Kier alpha value is -2.07. The number of nitrogens with zero attached hydrogens (tertiary/aromatic N) is 2. The van der Waals surface area contributed by atoms with Crippen molar-refractivity contribution in [2.45, 2.75) is 51.7 Å². The van der Waals surface area contributed by atoms with Gasteiger partial charge in [0.05, 0.1) is 17.0 Å². The second-order valence-corrected chi connectivity index (χ2v) is 7.07. The van der Waals surface area contributed by atoms with Crippen LogP contribution in [0.25, 0.3) is 0 Å². The highest BCUT2D eigenvalue weighted by atomic mass is 19.4. The number of hydrogen-bond acceptors (Lipinski definition) is 3. The van der Waals surface area contributed by atoms with Crippen LogP contribution in [0.2, 0.25) is 0 Å². The van der Waals surface area contributed by atoms with E-state index in [0.29, 0.717) is 24.8 Å². The summed E-state index contributed by atoms with van der Waals surface area (Å²) in [5.41, 5.74) is 3.04. The Bertz CT molecular complexity index is 664. The normalized spacial score (nSPS) is 18.6. The zero-order valence-electron chi connectivity index (χ0n) is 14.4. The lowest BCUT2D eigenvalue weighted by atomic mass is 9.94. The molecular weight excluding hydrogens is 331 g/mol. The average molecular weight is 353 g/mol. The summed E-state index contributed by atoms with van der Waals surface area (Å²) in [4.78, 5) is 11.8. The Labute approximate surface area is 145 Å². The molecule has 0 aliphatic carbocycles. The topological polar surface area (TPSA) is 56.1 Å². The molecule has 4 nitrogen and oxygen atoms in total. The molecule has 1 atom stereocenters. The predicted octanol–water partition coefficient (Wildman–Crippen LogP) is 3.57. The average Bonchev–Trinajstić information content (AvgIpc) is 2.79. The summed E-state index contributed by atoms with van der Waals surface area (Å²) < 4.78 is 40.1. The molecule has 0 radical (unpaired) electrons. The first-order chi connectivity index (χ1) is 11.6. The van der Waals surface area contributed by atoms with E-state index in [-0.39, 0.29) is 18.9 Å². The van der Waals surface area contributed by atoms with Crippen LogP contribution in [0.1, 0.15) is 44.2 Å². The maximum absolute atomic E-state index is 13.4. The van der Waals surface area contributed by atoms with Crippen LogP contribution in [-0.2, 0) is 11.2 Å². The van der Waals surface area contributed by atoms with Crippen molar-refractivity contribution in [1.29, 1.82) is 5.26 Å². The van der Waals surface area contributed by atoms with Gasteiger partial charge in [-0.25, -0.2) is 5.01 Å². The summed E-state index contributed by atoms with van der Waals surface area (Å²) in [6, 6.07) is 7.46. The van der Waals surface area contributed by atoms with Gasteiger partial charge in [-0.15, -0.1) is 0 Å². The number of carbonyl (C=O) groups is 1. The first-order valence-electron chi connectivity index (χ1n) is 8.27. The third kappa shape index (κ3) is 4.95. The van der Waals surface area contributed by atoms with Gasteiger partial charge >= 0.3 is 6.18 Å². The van der Waals surface area contributed by atoms with Crippen LogP contribution >= 0.6 is 0 Å². The lowest BCUT2D eigenvalue weighted by Gasteiger charge is -2.29. The summed E-state index contributed by atoms with van der Waals surface area (Å²) in [6.07, 6.45) is -2.87. The van der Waals surface area contributed by atoms with E-state index in [4.69, 9.17) is 5.26 Å². The fraction of sp³-hybridized carbons (Fsp3) is 0.556. The number of nitriles is 1. The van der Waals surface area contributed by atoms with Gasteiger partial charge in [0.1, 0.15) is 6.04 Å². The van der Waals surface area contributed by atoms with Crippen molar-refractivity contribution in [1.82, 2.24) is 10.4 Å². The van der Waals surface area contributed by atoms with E-state index in [2.05, 4.69) is 5.43 Å². The number of alkyl halides is 3. The molecule has 136 valence electrons. The Morgan fingerprint density at radius 2 is 2.08 bits per heavy atom. The number of carbonyl (C=O) groups excluding carboxylic acids is 1. The van der Waals surface area contributed by atoms with Crippen LogP contribution < -0.4 is 5.43 Å². The van der Waals surface area contributed by atoms with Crippen LogP contribution in [0.5, 0.6) is 0 Å². The zero-order chi connectivity index (χ0) is 18.7. The molecule has 25 heavy (non-hydrogen) atoms. The van der Waals surface area contributed by atoms with Crippen molar-refractivity contribution in [3.05, 3.63) is 35.4 Å². The number of rotatable bonds is 6. The number of halogens is 3. The number of unbranched alkanes of at least 4 members (excludes halogenated alkanes) is 1. The molecule has 1 heterocycles. The SMILES string of the molecule is CC1(C)CN(C(CCCCc2cccc(C#N)c2)C(F)(F)F)NC1=O. The minimum absolute atomic E-state index is 0.0419. The molecule has 2 rings (SSSR count). The Balaban J connectivity index is 1.91. The van der Waals surface area contributed by atoms with Crippen molar-refractivity contribution in [3.8, 4) is 6.07 Å². The van der Waals surface area contributed by atoms with E-state index < -0.39 is 17.6 Å². The smallest absolute Gasteiger partial charge is 0.288 e. The van der Waals surface area contributed by atoms with Crippen molar-refractivity contribution in [2.75, 3.05) is 6.54 Å². The molecule has 0 spiro atoms. The van der Waals surface area contributed by atoms with Crippen LogP contribution in [0.15, 0.2) is 24.3 Å². The highest BCUT2D eigenvalue weighted by Gasteiger charge is 2.49. The summed E-state index contributed by atoms with van der Waals surface area (Å²) in [5.74, 6) is -0.380. The molecule has 1 saturated heterocycles. The molecular formula is C18H22F3N3O. The molecule has 1 N–H and O–H groups in total. The van der Waals surface area contributed by atoms with E-state index >= 15 is 0 Å². The Morgan fingerprint density at radius 3 is 2.64 bits per heavy atom. The summed E-state index contributed by atoms with van der Waals surface area (Å²) in [6.45, 7) is 3.32. The maximum atomic E-state index is 13.4. The van der Waals surface area contributed by atoms with Crippen molar-refractivity contribution in [3.63, 3.8) is 0 Å². The van der Waals surface area contributed by atoms with Gasteiger partial charge in [0, 0.05) is 6.54 Å². The fourth-order valence-electron chi connectivity index (χ4n) is 2.97. The van der Waals surface area contributed by atoms with Gasteiger partial charge in [0.2, 0.25) is 5.91 Å². The number of nitrogens with one attached hydrogen (secondary N) is 1. The first-order valence-corrected chi connectivity index (χ1v) is 8.27. The second kappa shape index (κ2) is 7.44. The van der Waals surface area contributed by atoms with E-state index in [9.17, 15) is 18.0 Å². The van der Waals surface area contributed by atoms with Gasteiger partial charge in [-0.2, -0.15) is 18.4 Å².